The predicted molar refractivity (Wildman–Crippen MR) is 250 cm³/mol. The molecule has 16 heteroatoms. The Morgan fingerprint density at radius 1 is 0.618 bits per heavy atom. The number of carbonyl (C=O) groups excluding carboxylic acids is 5. The molecule has 68 heavy (non-hydrogen) atoms. The quantitative estimate of drug-likeness (QED) is 0.0494. The molecule has 0 amide bonds. The molecule has 16 nitrogen and oxygen atoms in total. The minimum atomic E-state index is -2.15. The second-order valence-electron chi connectivity index (χ2n) is 18.2. The molecular formula is C52H62O16. The Balaban J connectivity index is 1.28. The van der Waals surface area contributed by atoms with Crippen molar-refractivity contribution < 1.29 is 78.3 Å². The average Bonchev–Trinajstić information content (AvgIpc) is 3.52. The summed E-state index contributed by atoms with van der Waals surface area (Å²) in [6, 6.07) is 0. The molecule has 6 N–H and O–H groups in total. The van der Waals surface area contributed by atoms with Gasteiger partial charge >= 0.3 is 23.9 Å². The van der Waals surface area contributed by atoms with Crippen LogP contribution in [0.1, 0.15) is 82.1 Å². The third-order valence-electron chi connectivity index (χ3n) is 11.7. The van der Waals surface area contributed by atoms with Crippen LogP contribution in [0.3, 0.4) is 0 Å². The monoisotopic (exact) mass is 942 g/mol. The number of allylic oxidation sites excluding steroid dienone is 20. The third kappa shape index (κ3) is 13.5. The molecule has 0 saturated carbocycles. The molecule has 0 saturated heterocycles. The van der Waals surface area contributed by atoms with Crippen LogP contribution in [-0.4, -0.2) is 104 Å². The fraction of sp³-hybridized carbons (Fsp3) is 0.404. The largest absolute Gasteiger partial charge is 0.505 e. The van der Waals surface area contributed by atoms with Gasteiger partial charge in [0.1, 0.15) is 0 Å². The number of carbonyl (C=O) groups is 5. The normalized spacial score (nSPS) is 25.4. The molecule has 4 rings (SSSR count). The first kappa shape index (κ1) is 53.9. The van der Waals surface area contributed by atoms with Crippen molar-refractivity contribution in [2.45, 2.75) is 119 Å². The van der Waals surface area contributed by atoms with E-state index in [9.17, 15) is 54.6 Å². The number of rotatable bonds is 16. The summed E-state index contributed by atoms with van der Waals surface area (Å²) in [5.74, 6) is -8.46. The van der Waals surface area contributed by atoms with Crippen LogP contribution < -0.4 is 0 Å². The third-order valence-corrected chi connectivity index (χ3v) is 11.7. The molecule has 0 aromatic heterocycles. The first-order chi connectivity index (χ1) is 31.8. The number of ether oxygens (including phenoxy) is 5. The van der Waals surface area contributed by atoms with Crippen LogP contribution in [-0.2, 0) is 47.7 Å². The molecule has 4 aliphatic rings. The zero-order valence-electron chi connectivity index (χ0n) is 39.9. The van der Waals surface area contributed by atoms with Crippen LogP contribution in [0.5, 0.6) is 0 Å². The molecule has 2 heterocycles. The predicted octanol–water partition coefficient (Wildman–Crippen LogP) is 7.64. The van der Waals surface area contributed by atoms with Gasteiger partial charge in [0.25, 0.3) is 0 Å². The highest BCUT2D eigenvalue weighted by molar-refractivity contribution is 6.02. The SMILES string of the molecule is CC1=C(/C=C/C(C)=C/C=C/C(C)=C/C=C/C=C(C)/C=C/C=C(C)/C=C/C2=C(C)C(=O)C(OC(=O)C(O)C3OC(=O)C(O)=C3O)CC2(C)C)C(C)(C)CC(OC(=O)C(O)C2OCOC(O)=C2O)C1=O. The average molecular weight is 943 g/mol. The Morgan fingerprint density at radius 2 is 1.01 bits per heavy atom. The van der Waals surface area contributed by atoms with E-state index < -0.39 is 107 Å². The molecular weight excluding hydrogens is 881 g/mol. The van der Waals surface area contributed by atoms with Gasteiger partial charge in [-0.3, -0.25) is 9.59 Å². The van der Waals surface area contributed by atoms with E-state index in [0.717, 1.165) is 33.4 Å². The minimum absolute atomic E-state index is 0.111. The Hall–Kier alpha value is -6.75. The van der Waals surface area contributed by atoms with Gasteiger partial charge in [0.15, 0.2) is 60.7 Å². The lowest BCUT2D eigenvalue weighted by Crippen LogP contribution is -2.45. The van der Waals surface area contributed by atoms with Gasteiger partial charge in [-0.15, -0.1) is 0 Å². The number of esters is 3. The summed E-state index contributed by atoms with van der Waals surface area (Å²) >= 11 is 0. The maximum Gasteiger partial charge on any atom is 0.378 e. The van der Waals surface area contributed by atoms with Gasteiger partial charge in [-0.05, 0) is 74.7 Å². The van der Waals surface area contributed by atoms with Gasteiger partial charge in [0.2, 0.25) is 11.5 Å². The van der Waals surface area contributed by atoms with Crippen LogP contribution in [0.15, 0.2) is 153 Å². The van der Waals surface area contributed by atoms with Gasteiger partial charge in [0.05, 0.1) is 0 Å². The number of hydrogen-bond donors (Lipinski definition) is 6. The van der Waals surface area contributed by atoms with E-state index in [0.29, 0.717) is 11.1 Å². The van der Waals surface area contributed by atoms with Gasteiger partial charge in [-0.2, -0.15) is 0 Å². The number of ketones is 2. The van der Waals surface area contributed by atoms with Crippen molar-refractivity contribution in [3.05, 3.63) is 153 Å². The summed E-state index contributed by atoms with van der Waals surface area (Å²) in [6.45, 7) is 18.2. The fourth-order valence-electron chi connectivity index (χ4n) is 7.78. The van der Waals surface area contributed by atoms with Gasteiger partial charge in [-0.1, -0.05) is 135 Å². The summed E-state index contributed by atoms with van der Waals surface area (Å²) in [5, 5.41) is 59.6. The summed E-state index contributed by atoms with van der Waals surface area (Å²) < 4.78 is 25.0. The van der Waals surface area contributed by atoms with Crippen LogP contribution in [0.25, 0.3) is 0 Å². The smallest absolute Gasteiger partial charge is 0.378 e. The maximum absolute atomic E-state index is 13.3. The molecule has 0 fully saturated rings. The number of Topliss-reactive ketones (excluding diaryl/α,β-unsaturated/α-hetero) is 2. The molecule has 6 atom stereocenters. The van der Waals surface area contributed by atoms with Gasteiger partial charge in [-0.25, -0.2) is 14.4 Å². The maximum atomic E-state index is 13.3. The van der Waals surface area contributed by atoms with E-state index in [4.69, 9.17) is 14.2 Å². The van der Waals surface area contributed by atoms with E-state index in [1.807, 2.05) is 140 Å². The van der Waals surface area contributed by atoms with E-state index in [1.165, 1.54) is 0 Å². The molecule has 6 unspecified atom stereocenters. The first-order valence-corrected chi connectivity index (χ1v) is 21.8. The molecule has 0 bridgehead atoms. The van der Waals surface area contributed by atoms with Crippen LogP contribution in [0, 0.1) is 10.8 Å². The van der Waals surface area contributed by atoms with Crippen LogP contribution in [0.4, 0.5) is 0 Å². The van der Waals surface area contributed by atoms with Crippen molar-refractivity contribution in [1.29, 1.82) is 0 Å². The zero-order valence-corrected chi connectivity index (χ0v) is 39.9. The van der Waals surface area contributed by atoms with Crippen molar-refractivity contribution >= 4 is 29.5 Å². The Labute approximate surface area is 396 Å². The minimum Gasteiger partial charge on any atom is -0.505 e. The summed E-state index contributed by atoms with van der Waals surface area (Å²) in [6.07, 6.45) is 17.2. The molecule has 0 radical (unpaired) electrons. The van der Waals surface area contributed by atoms with Crippen molar-refractivity contribution in [3.63, 3.8) is 0 Å². The van der Waals surface area contributed by atoms with Crippen LogP contribution in [0.2, 0.25) is 0 Å². The summed E-state index contributed by atoms with van der Waals surface area (Å²) in [5.41, 5.74) is 4.99. The molecule has 366 valence electrons. The van der Waals surface area contributed by atoms with E-state index >= 15 is 0 Å². The van der Waals surface area contributed by atoms with Crippen molar-refractivity contribution in [2.75, 3.05) is 6.79 Å². The van der Waals surface area contributed by atoms with Crippen LogP contribution >= 0.6 is 0 Å². The Bertz CT molecular complexity index is 2320. The summed E-state index contributed by atoms with van der Waals surface area (Å²) in [7, 11) is 0. The van der Waals surface area contributed by atoms with E-state index in [1.54, 1.807) is 13.8 Å². The van der Waals surface area contributed by atoms with E-state index in [-0.39, 0.29) is 12.8 Å². The fourth-order valence-corrected chi connectivity index (χ4v) is 7.78. The van der Waals surface area contributed by atoms with Gasteiger partial charge < -0.3 is 54.3 Å². The lowest BCUT2D eigenvalue weighted by molar-refractivity contribution is -0.186. The van der Waals surface area contributed by atoms with E-state index in [2.05, 4.69) is 9.47 Å². The lowest BCUT2D eigenvalue weighted by atomic mass is 9.71. The number of aliphatic hydroxyl groups is 6. The molecule has 0 spiro atoms. The molecule has 0 aromatic carbocycles. The standard InChI is InChI=1S/C52H62O16/c1-28(17-13-19-30(3)21-23-34-32(5)38(53)36(25-51(34,7)8)66-49(62)43(58)45-42(57)47(60)65-27-64-45)15-11-12-16-29(2)18-14-20-31(4)22-24-35-33(6)39(54)37(26-52(35,9)10)67-50(63)44(59)46-40(55)41(56)48(61)68-46/h11-24,36-37,43-46,55-60H,25-27H2,1-10H3/b12-11+,17-13+,18-14+,23-21+,24-22+,28-15+,29-16+,30-19+,31-20+. The highest BCUT2D eigenvalue weighted by Gasteiger charge is 2.47. The zero-order chi connectivity index (χ0) is 50.8. The Kier molecular flexibility index (Phi) is 18.1. The number of hydrogen-bond acceptors (Lipinski definition) is 16. The highest BCUT2D eigenvalue weighted by Crippen LogP contribution is 2.42. The molecule has 0 aromatic rings. The summed E-state index contributed by atoms with van der Waals surface area (Å²) in [4.78, 5) is 63.3. The lowest BCUT2D eigenvalue weighted by Gasteiger charge is -2.36. The first-order valence-electron chi connectivity index (χ1n) is 21.8. The Morgan fingerprint density at radius 3 is 1.43 bits per heavy atom. The second kappa shape index (κ2) is 22.8. The van der Waals surface area contributed by atoms with Crippen molar-refractivity contribution in [2.24, 2.45) is 10.8 Å². The number of aliphatic hydroxyl groups excluding tert-OH is 6. The van der Waals surface area contributed by atoms with Gasteiger partial charge in [0, 0.05) is 12.8 Å². The van der Waals surface area contributed by atoms with Crippen molar-refractivity contribution in [1.82, 2.24) is 0 Å². The molecule has 2 aliphatic heterocycles. The van der Waals surface area contributed by atoms with Crippen molar-refractivity contribution in [3.8, 4) is 0 Å². The second-order valence-corrected chi connectivity index (χ2v) is 18.2. The topological polar surface area (TPSA) is 253 Å². The molecule has 2 aliphatic carbocycles. The number of cyclic esters (lactones) is 1. The highest BCUT2D eigenvalue weighted by atomic mass is 16.7.